The van der Waals surface area contributed by atoms with Crippen LogP contribution < -0.4 is 14.8 Å². The number of carbonyl (C=O) groups is 1. The van der Waals surface area contributed by atoms with E-state index in [0.29, 0.717) is 17.5 Å². The number of nitrogens with zero attached hydrogens (tertiary/aromatic N) is 3. The van der Waals surface area contributed by atoms with Crippen LogP contribution in [-0.2, 0) is 18.4 Å². The van der Waals surface area contributed by atoms with E-state index < -0.39 is 0 Å². The van der Waals surface area contributed by atoms with E-state index in [1.807, 2.05) is 67.1 Å². The van der Waals surface area contributed by atoms with Gasteiger partial charge >= 0.3 is 0 Å². The zero-order valence-electron chi connectivity index (χ0n) is 16.9. The number of ether oxygens (including phenoxy) is 2. The number of rotatable bonds is 8. The summed E-state index contributed by atoms with van der Waals surface area (Å²) in [6, 6.07) is 15.3. The van der Waals surface area contributed by atoms with E-state index in [1.165, 1.54) is 11.8 Å². The molecule has 3 rings (SSSR count). The van der Waals surface area contributed by atoms with Crippen LogP contribution in [0, 0.1) is 0 Å². The molecule has 0 saturated carbocycles. The Labute approximate surface area is 174 Å². The Hall–Kier alpha value is -3.00. The standard InChI is InChI=1S/C21H24N4O3S/c1-14(20(26)22-13-15-9-11-16(27-3)12-10-15)29-21-24-23-19(25(21)2)17-7-5-6-8-18(17)28-4/h5-12,14H,13H2,1-4H3,(H,22,26)/t14-/m1/s1. The first-order valence-electron chi connectivity index (χ1n) is 9.13. The second-order valence-electron chi connectivity index (χ2n) is 6.39. The van der Waals surface area contributed by atoms with Crippen molar-refractivity contribution in [2.45, 2.75) is 23.9 Å². The lowest BCUT2D eigenvalue weighted by atomic mass is 10.2. The van der Waals surface area contributed by atoms with Crippen LogP contribution in [-0.4, -0.2) is 40.1 Å². The van der Waals surface area contributed by atoms with Gasteiger partial charge in [0.05, 0.1) is 25.0 Å². The van der Waals surface area contributed by atoms with Crippen LogP contribution in [0.15, 0.2) is 53.7 Å². The van der Waals surface area contributed by atoms with Crippen molar-refractivity contribution < 1.29 is 14.3 Å². The van der Waals surface area contributed by atoms with E-state index in [2.05, 4.69) is 15.5 Å². The number of benzene rings is 2. The molecule has 0 bridgehead atoms. The SMILES string of the molecule is COc1ccc(CNC(=O)[C@@H](C)Sc2nnc(-c3ccccc3OC)n2C)cc1. The van der Waals surface area contributed by atoms with Gasteiger partial charge in [-0.15, -0.1) is 10.2 Å². The highest BCUT2D eigenvalue weighted by Crippen LogP contribution is 2.31. The highest BCUT2D eigenvalue weighted by molar-refractivity contribution is 8.00. The Morgan fingerprint density at radius 3 is 2.52 bits per heavy atom. The van der Waals surface area contributed by atoms with E-state index in [-0.39, 0.29) is 11.2 Å². The van der Waals surface area contributed by atoms with E-state index >= 15 is 0 Å². The molecule has 0 aliphatic heterocycles. The molecular weight excluding hydrogens is 388 g/mol. The van der Waals surface area contributed by atoms with Gasteiger partial charge in [0, 0.05) is 13.6 Å². The van der Waals surface area contributed by atoms with Crippen LogP contribution in [0.3, 0.4) is 0 Å². The molecule has 7 nitrogen and oxygen atoms in total. The molecule has 0 fully saturated rings. The van der Waals surface area contributed by atoms with Gasteiger partial charge in [-0.1, -0.05) is 36.0 Å². The lowest BCUT2D eigenvalue weighted by molar-refractivity contribution is -0.120. The highest BCUT2D eigenvalue weighted by atomic mass is 32.2. The van der Waals surface area contributed by atoms with Gasteiger partial charge in [0.25, 0.3) is 0 Å². The Kier molecular flexibility index (Phi) is 6.77. The number of hydrogen-bond acceptors (Lipinski definition) is 6. The van der Waals surface area contributed by atoms with Crippen LogP contribution in [0.5, 0.6) is 11.5 Å². The third kappa shape index (κ3) is 4.89. The van der Waals surface area contributed by atoms with Crippen molar-refractivity contribution in [2.75, 3.05) is 14.2 Å². The summed E-state index contributed by atoms with van der Waals surface area (Å²) in [5.74, 6) is 2.14. The van der Waals surface area contributed by atoms with Crippen LogP contribution in [0.2, 0.25) is 0 Å². The lowest BCUT2D eigenvalue weighted by Crippen LogP contribution is -2.30. The zero-order chi connectivity index (χ0) is 20.8. The summed E-state index contributed by atoms with van der Waals surface area (Å²) in [5.41, 5.74) is 1.86. The molecule has 152 valence electrons. The number of aromatic nitrogens is 3. The van der Waals surface area contributed by atoms with Crippen LogP contribution in [0.25, 0.3) is 11.4 Å². The number of amides is 1. The fourth-order valence-corrected chi connectivity index (χ4v) is 3.61. The second-order valence-corrected chi connectivity index (χ2v) is 7.70. The predicted octanol–water partition coefficient (Wildman–Crippen LogP) is 3.30. The molecule has 1 N–H and O–H groups in total. The van der Waals surface area contributed by atoms with E-state index in [9.17, 15) is 4.79 Å². The first-order chi connectivity index (χ1) is 14.0. The maximum Gasteiger partial charge on any atom is 0.233 e. The minimum atomic E-state index is -0.318. The Morgan fingerprint density at radius 2 is 1.83 bits per heavy atom. The van der Waals surface area contributed by atoms with Gasteiger partial charge in [-0.2, -0.15) is 0 Å². The van der Waals surface area contributed by atoms with Gasteiger partial charge in [-0.3, -0.25) is 4.79 Å². The monoisotopic (exact) mass is 412 g/mol. The number of thioether (sulfide) groups is 1. The predicted molar refractivity (Wildman–Crippen MR) is 113 cm³/mol. The molecule has 0 aliphatic rings. The Morgan fingerprint density at radius 1 is 1.10 bits per heavy atom. The summed E-state index contributed by atoms with van der Waals surface area (Å²) in [4.78, 5) is 12.5. The fraction of sp³-hybridized carbons (Fsp3) is 0.286. The number of methoxy groups -OCH3 is 2. The van der Waals surface area contributed by atoms with Crippen molar-refractivity contribution in [3.05, 3.63) is 54.1 Å². The first-order valence-corrected chi connectivity index (χ1v) is 10.0. The number of hydrogen-bond donors (Lipinski definition) is 1. The van der Waals surface area contributed by atoms with Crippen LogP contribution >= 0.6 is 11.8 Å². The maximum absolute atomic E-state index is 12.5. The normalized spacial score (nSPS) is 11.7. The summed E-state index contributed by atoms with van der Waals surface area (Å²) in [7, 11) is 5.13. The molecule has 0 saturated heterocycles. The van der Waals surface area contributed by atoms with E-state index in [4.69, 9.17) is 9.47 Å². The number of para-hydroxylation sites is 1. The molecular formula is C21H24N4O3S. The molecule has 0 radical (unpaired) electrons. The van der Waals surface area contributed by atoms with Gasteiger partial charge in [0.2, 0.25) is 5.91 Å². The topological polar surface area (TPSA) is 78.3 Å². The average molecular weight is 413 g/mol. The third-order valence-electron chi connectivity index (χ3n) is 4.46. The largest absolute Gasteiger partial charge is 0.497 e. The highest BCUT2D eigenvalue weighted by Gasteiger charge is 2.20. The molecule has 3 aromatic rings. The molecule has 8 heteroatoms. The first kappa shape index (κ1) is 20.7. The molecule has 29 heavy (non-hydrogen) atoms. The Bertz CT molecular complexity index is 972. The molecule has 0 unspecified atom stereocenters. The van der Waals surface area contributed by atoms with Crippen LogP contribution in [0.4, 0.5) is 0 Å². The molecule has 0 aliphatic carbocycles. The number of nitrogens with one attached hydrogen (secondary N) is 1. The van der Waals surface area contributed by atoms with Gasteiger partial charge in [0.1, 0.15) is 11.5 Å². The van der Waals surface area contributed by atoms with Crippen molar-refractivity contribution in [3.8, 4) is 22.9 Å². The molecule has 1 amide bonds. The van der Waals surface area contributed by atoms with E-state index in [1.54, 1.807) is 14.2 Å². The summed E-state index contributed by atoms with van der Waals surface area (Å²) < 4.78 is 12.4. The summed E-state index contributed by atoms with van der Waals surface area (Å²) in [6.07, 6.45) is 0. The smallest absolute Gasteiger partial charge is 0.233 e. The average Bonchev–Trinajstić information content (AvgIpc) is 3.12. The van der Waals surface area contributed by atoms with Crippen molar-refractivity contribution in [1.82, 2.24) is 20.1 Å². The van der Waals surface area contributed by atoms with E-state index in [0.717, 1.165) is 22.6 Å². The van der Waals surface area contributed by atoms with Gasteiger partial charge < -0.3 is 19.4 Å². The van der Waals surface area contributed by atoms with Crippen molar-refractivity contribution >= 4 is 17.7 Å². The second kappa shape index (κ2) is 9.47. The van der Waals surface area contributed by atoms with Crippen molar-refractivity contribution in [3.63, 3.8) is 0 Å². The summed E-state index contributed by atoms with van der Waals surface area (Å²) in [5, 5.41) is 11.8. The maximum atomic E-state index is 12.5. The van der Waals surface area contributed by atoms with Crippen molar-refractivity contribution in [1.29, 1.82) is 0 Å². The van der Waals surface area contributed by atoms with Gasteiger partial charge in [-0.05, 0) is 36.8 Å². The third-order valence-corrected chi connectivity index (χ3v) is 5.59. The van der Waals surface area contributed by atoms with Gasteiger partial charge in [-0.25, -0.2) is 0 Å². The van der Waals surface area contributed by atoms with Crippen molar-refractivity contribution in [2.24, 2.45) is 7.05 Å². The molecule has 1 atom stereocenters. The Balaban J connectivity index is 1.63. The quantitative estimate of drug-likeness (QED) is 0.572. The summed E-state index contributed by atoms with van der Waals surface area (Å²) >= 11 is 1.36. The molecule has 1 heterocycles. The molecule has 1 aromatic heterocycles. The fourth-order valence-electron chi connectivity index (χ4n) is 2.77. The number of carbonyl (C=O) groups excluding carboxylic acids is 1. The minimum Gasteiger partial charge on any atom is -0.497 e. The zero-order valence-corrected chi connectivity index (χ0v) is 17.7. The molecule has 0 spiro atoms. The van der Waals surface area contributed by atoms with Crippen LogP contribution in [0.1, 0.15) is 12.5 Å². The van der Waals surface area contributed by atoms with Gasteiger partial charge in [0.15, 0.2) is 11.0 Å². The molecule has 2 aromatic carbocycles. The summed E-state index contributed by atoms with van der Waals surface area (Å²) in [6.45, 7) is 2.31. The lowest BCUT2D eigenvalue weighted by Gasteiger charge is -2.12. The minimum absolute atomic E-state index is 0.0624.